The van der Waals surface area contributed by atoms with E-state index in [4.69, 9.17) is 0 Å². The van der Waals surface area contributed by atoms with Crippen molar-refractivity contribution < 1.29 is 9.59 Å². The number of carbonyl (C=O) groups is 2. The largest absolute Gasteiger partial charge is 0.342 e. The molecule has 0 saturated carbocycles. The molecule has 132 valence electrons. The number of rotatable bonds is 6. The van der Waals surface area contributed by atoms with Gasteiger partial charge in [-0.25, -0.2) is 0 Å². The van der Waals surface area contributed by atoms with E-state index in [9.17, 15) is 9.59 Å². The van der Waals surface area contributed by atoms with Crippen molar-refractivity contribution >= 4 is 27.7 Å². The smallest absolute Gasteiger partial charge is 0.253 e. The Kier molecular flexibility index (Phi) is 7.28. The van der Waals surface area contributed by atoms with Gasteiger partial charge in [0.25, 0.3) is 5.91 Å². The first-order valence-corrected chi connectivity index (χ1v) is 9.69. The van der Waals surface area contributed by atoms with Gasteiger partial charge in [-0.1, -0.05) is 29.8 Å². The summed E-state index contributed by atoms with van der Waals surface area (Å²) in [5.41, 5.74) is 0.710. The molecule has 1 aromatic carbocycles. The molecule has 0 atom stereocenters. The van der Waals surface area contributed by atoms with Crippen LogP contribution in [0, 0.1) is 5.92 Å². The van der Waals surface area contributed by atoms with Crippen LogP contribution in [0.2, 0.25) is 0 Å². The van der Waals surface area contributed by atoms with Crippen LogP contribution in [0.5, 0.6) is 0 Å². The summed E-state index contributed by atoms with van der Waals surface area (Å²) in [6.45, 7) is 7.22. The van der Waals surface area contributed by atoms with Gasteiger partial charge in [-0.3, -0.25) is 9.59 Å². The Morgan fingerprint density at radius 2 is 1.62 bits per heavy atom. The van der Waals surface area contributed by atoms with Crippen LogP contribution in [-0.2, 0) is 4.79 Å². The molecular weight excluding hydrogens is 368 g/mol. The second-order valence-corrected chi connectivity index (χ2v) is 7.31. The predicted molar refractivity (Wildman–Crippen MR) is 99.9 cm³/mol. The first-order valence-electron chi connectivity index (χ1n) is 8.90. The Bertz CT molecular complexity index is 545. The Balaban J connectivity index is 1.91. The summed E-state index contributed by atoms with van der Waals surface area (Å²) in [6, 6.07) is 7.45. The lowest BCUT2D eigenvalue weighted by Gasteiger charge is -2.34. The zero-order valence-corrected chi connectivity index (χ0v) is 16.2. The Labute approximate surface area is 153 Å². The predicted octanol–water partition coefficient (Wildman–Crippen LogP) is 3.95. The second kappa shape index (κ2) is 9.21. The first kappa shape index (κ1) is 19.0. The Morgan fingerprint density at radius 3 is 2.12 bits per heavy atom. The van der Waals surface area contributed by atoms with Crippen LogP contribution in [-0.4, -0.2) is 47.8 Å². The number of carbonyl (C=O) groups excluding carboxylic acids is 2. The van der Waals surface area contributed by atoms with Gasteiger partial charge >= 0.3 is 0 Å². The van der Waals surface area contributed by atoms with Crippen molar-refractivity contribution in [1.29, 1.82) is 0 Å². The molecule has 1 fully saturated rings. The fraction of sp³-hybridized carbons (Fsp3) is 0.579. The first-order chi connectivity index (χ1) is 11.6. The van der Waals surface area contributed by atoms with E-state index in [1.165, 1.54) is 0 Å². The van der Waals surface area contributed by atoms with E-state index in [0.29, 0.717) is 18.7 Å². The summed E-state index contributed by atoms with van der Waals surface area (Å²) in [5, 5.41) is 0. The van der Waals surface area contributed by atoms with Crippen LogP contribution >= 0.6 is 15.9 Å². The van der Waals surface area contributed by atoms with Gasteiger partial charge in [0.2, 0.25) is 5.91 Å². The summed E-state index contributed by atoms with van der Waals surface area (Å²) in [6.07, 6.45) is 3.52. The van der Waals surface area contributed by atoms with Crippen LogP contribution in [0.15, 0.2) is 28.7 Å². The highest BCUT2D eigenvalue weighted by Gasteiger charge is 2.30. The quantitative estimate of drug-likeness (QED) is 0.732. The molecule has 0 N–H and O–H groups in total. The van der Waals surface area contributed by atoms with E-state index in [1.54, 1.807) is 0 Å². The van der Waals surface area contributed by atoms with Crippen molar-refractivity contribution in [1.82, 2.24) is 9.80 Å². The van der Waals surface area contributed by atoms with E-state index >= 15 is 0 Å². The highest BCUT2D eigenvalue weighted by molar-refractivity contribution is 9.10. The van der Waals surface area contributed by atoms with Crippen LogP contribution < -0.4 is 0 Å². The SMILES string of the molecule is CCCN(CCC)C(=O)C1CCN(C(=O)c2ccc(Br)cc2)CC1. The van der Waals surface area contributed by atoms with Gasteiger partial charge < -0.3 is 9.80 Å². The van der Waals surface area contributed by atoms with Gasteiger partial charge in [0.05, 0.1) is 0 Å². The second-order valence-electron chi connectivity index (χ2n) is 6.40. The number of hydrogen-bond donors (Lipinski definition) is 0. The number of nitrogens with zero attached hydrogens (tertiary/aromatic N) is 2. The van der Waals surface area contributed by atoms with Crippen molar-refractivity contribution in [2.75, 3.05) is 26.2 Å². The normalized spacial score (nSPS) is 15.4. The number of benzene rings is 1. The van der Waals surface area contributed by atoms with Gasteiger partial charge in [-0.2, -0.15) is 0 Å². The number of amides is 2. The van der Waals surface area contributed by atoms with Crippen LogP contribution in [0.1, 0.15) is 49.9 Å². The molecule has 4 nitrogen and oxygen atoms in total. The van der Waals surface area contributed by atoms with Gasteiger partial charge in [0.1, 0.15) is 0 Å². The molecule has 1 aliphatic heterocycles. The molecule has 0 aromatic heterocycles. The van der Waals surface area contributed by atoms with Crippen molar-refractivity contribution in [2.45, 2.75) is 39.5 Å². The molecule has 2 rings (SSSR count). The van der Waals surface area contributed by atoms with E-state index < -0.39 is 0 Å². The molecule has 0 spiro atoms. The third-order valence-corrected chi connectivity index (χ3v) is 5.05. The molecule has 1 saturated heterocycles. The lowest BCUT2D eigenvalue weighted by molar-refractivity contribution is -0.137. The maximum absolute atomic E-state index is 12.7. The summed E-state index contributed by atoms with van der Waals surface area (Å²) >= 11 is 3.39. The van der Waals surface area contributed by atoms with Crippen molar-refractivity contribution in [3.8, 4) is 0 Å². The molecule has 24 heavy (non-hydrogen) atoms. The zero-order chi connectivity index (χ0) is 17.5. The fourth-order valence-corrected chi connectivity index (χ4v) is 3.50. The summed E-state index contributed by atoms with van der Waals surface area (Å²) in [7, 11) is 0. The highest BCUT2D eigenvalue weighted by Crippen LogP contribution is 2.22. The number of hydrogen-bond acceptors (Lipinski definition) is 2. The lowest BCUT2D eigenvalue weighted by atomic mass is 9.94. The molecule has 1 aliphatic rings. The summed E-state index contributed by atoms with van der Waals surface area (Å²) in [5.74, 6) is 0.402. The minimum atomic E-state index is 0.0624. The lowest BCUT2D eigenvalue weighted by Crippen LogP contribution is -2.44. The topological polar surface area (TPSA) is 40.6 Å². The third-order valence-electron chi connectivity index (χ3n) is 4.52. The maximum atomic E-state index is 12.7. The highest BCUT2D eigenvalue weighted by atomic mass is 79.9. The average molecular weight is 395 g/mol. The molecular formula is C19H27BrN2O2. The van der Waals surface area contributed by atoms with Crippen LogP contribution in [0.4, 0.5) is 0 Å². The summed E-state index contributed by atoms with van der Waals surface area (Å²) < 4.78 is 0.968. The molecule has 1 aromatic rings. The Hall–Kier alpha value is -1.36. The van der Waals surface area contributed by atoms with E-state index in [2.05, 4.69) is 29.8 Å². The maximum Gasteiger partial charge on any atom is 0.253 e. The number of halogens is 1. The number of likely N-dealkylation sites (tertiary alicyclic amines) is 1. The minimum absolute atomic E-state index is 0.0624. The third kappa shape index (κ3) is 4.82. The zero-order valence-electron chi connectivity index (χ0n) is 14.6. The molecule has 0 aliphatic carbocycles. The van der Waals surface area contributed by atoms with E-state index in [-0.39, 0.29) is 17.7 Å². The van der Waals surface area contributed by atoms with Crippen LogP contribution in [0.25, 0.3) is 0 Å². The standard InChI is InChI=1S/C19H27BrN2O2/c1-3-11-21(12-4-2)19(24)16-9-13-22(14-10-16)18(23)15-5-7-17(20)8-6-15/h5-8,16H,3-4,9-14H2,1-2H3. The van der Waals surface area contributed by atoms with E-state index in [0.717, 1.165) is 43.2 Å². The Morgan fingerprint density at radius 1 is 1.08 bits per heavy atom. The van der Waals surface area contributed by atoms with Crippen molar-refractivity contribution in [2.24, 2.45) is 5.92 Å². The van der Waals surface area contributed by atoms with Crippen molar-refractivity contribution in [3.05, 3.63) is 34.3 Å². The van der Waals surface area contributed by atoms with Gasteiger partial charge in [0.15, 0.2) is 0 Å². The monoisotopic (exact) mass is 394 g/mol. The van der Waals surface area contributed by atoms with Gasteiger partial charge in [-0.05, 0) is 49.9 Å². The van der Waals surface area contributed by atoms with E-state index in [1.807, 2.05) is 34.1 Å². The molecule has 0 bridgehead atoms. The molecule has 0 radical (unpaired) electrons. The van der Waals surface area contributed by atoms with Crippen molar-refractivity contribution in [3.63, 3.8) is 0 Å². The number of piperidine rings is 1. The van der Waals surface area contributed by atoms with Gasteiger partial charge in [-0.15, -0.1) is 0 Å². The van der Waals surface area contributed by atoms with Gasteiger partial charge in [0, 0.05) is 42.1 Å². The fourth-order valence-electron chi connectivity index (χ4n) is 3.23. The summed E-state index contributed by atoms with van der Waals surface area (Å²) in [4.78, 5) is 29.1. The molecule has 5 heteroatoms. The van der Waals surface area contributed by atoms with Crippen LogP contribution in [0.3, 0.4) is 0 Å². The average Bonchev–Trinajstić information content (AvgIpc) is 2.61. The minimum Gasteiger partial charge on any atom is -0.342 e. The molecule has 1 heterocycles. The molecule has 2 amide bonds. The molecule has 0 unspecified atom stereocenters.